The Hall–Kier alpha value is -2.66. The molecule has 0 amide bonds. The molecule has 170 valence electrons. The highest BCUT2D eigenvalue weighted by Crippen LogP contribution is 2.48. The molecule has 11 heteroatoms. The van der Waals surface area contributed by atoms with Gasteiger partial charge in [0, 0.05) is 23.7 Å². The number of ketones is 1. The van der Waals surface area contributed by atoms with Crippen molar-refractivity contribution in [3.05, 3.63) is 59.2 Å². The number of Topliss-reactive ketones (excluding diaryl/α,β-unsaturated/α-hetero) is 1. The van der Waals surface area contributed by atoms with Gasteiger partial charge in [0.25, 0.3) is 0 Å². The Morgan fingerprint density at radius 3 is 2.84 bits per heavy atom. The van der Waals surface area contributed by atoms with E-state index < -0.39 is 42.4 Å². The van der Waals surface area contributed by atoms with Crippen LogP contribution in [0.2, 0.25) is 0 Å². The highest BCUT2D eigenvalue weighted by molar-refractivity contribution is 8.13. The highest BCUT2D eigenvalue weighted by atomic mass is 32.2. The maximum atomic E-state index is 14.9. The Kier molecular flexibility index (Phi) is 6.38. The van der Waals surface area contributed by atoms with Crippen molar-refractivity contribution >= 4 is 22.7 Å². The number of nitrogens with two attached hydrogens (primary N) is 1. The van der Waals surface area contributed by atoms with Gasteiger partial charge in [0.2, 0.25) is 0 Å². The van der Waals surface area contributed by atoms with E-state index in [0.29, 0.717) is 11.3 Å². The topological polar surface area (TPSA) is 86.8 Å². The maximum absolute atomic E-state index is 14.9. The Balaban J connectivity index is 1.60. The number of hydrogen-bond acceptors (Lipinski definition) is 7. The largest absolute Gasteiger partial charge is 0.433 e. The van der Waals surface area contributed by atoms with Gasteiger partial charge in [-0.15, -0.1) is 0 Å². The Labute approximate surface area is 185 Å². The quantitative estimate of drug-likeness (QED) is 0.494. The second kappa shape index (κ2) is 9.07. The Morgan fingerprint density at radius 2 is 2.16 bits per heavy atom. The van der Waals surface area contributed by atoms with Gasteiger partial charge in [-0.3, -0.25) is 4.79 Å². The molecular formula is C21H19F4N3O3S. The molecule has 0 saturated carbocycles. The van der Waals surface area contributed by atoms with Crippen molar-refractivity contribution in [3.8, 4) is 5.75 Å². The van der Waals surface area contributed by atoms with Crippen LogP contribution in [-0.4, -0.2) is 47.7 Å². The molecule has 0 unspecified atom stereocenters. The van der Waals surface area contributed by atoms with Crippen LogP contribution in [0.25, 0.3) is 0 Å². The molecule has 32 heavy (non-hydrogen) atoms. The monoisotopic (exact) mass is 469 g/mol. The number of aliphatic imine (C=N–C) groups is 1. The number of amidine groups is 1. The molecule has 0 radical (unpaired) electrons. The van der Waals surface area contributed by atoms with Crippen LogP contribution in [-0.2, 0) is 16.7 Å². The molecule has 1 saturated heterocycles. The number of pyridine rings is 1. The zero-order valence-electron chi connectivity index (χ0n) is 16.6. The third-order valence-corrected chi connectivity index (χ3v) is 6.47. The van der Waals surface area contributed by atoms with Crippen molar-refractivity contribution < 1.29 is 31.8 Å². The summed E-state index contributed by atoms with van der Waals surface area (Å²) in [5.41, 5.74) is 5.48. The van der Waals surface area contributed by atoms with Crippen molar-refractivity contribution in [2.45, 2.75) is 24.7 Å². The fourth-order valence-electron chi connectivity index (χ4n) is 4.03. The van der Waals surface area contributed by atoms with Crippen LogP contribution in [0.1, 0.15) is 21.6 Å². The average molecular weight is 469 g/mol. The fourth-order valence-corrected chi connectivity index (χ4v) is 5.10. The molecule has 2 aromatic rings. The summed E-state index contributed by atoms with van der Waals surface area (Å²) in [5.74, 6) is -1.09. The van der Waals surface area contributed by atoms with Crippen molar-refractivity contribution in [2.75, 3.05) is 19.0 Å². The number of carbonyl (C=O) groups is 1. The van der Waals surface area contributed by atoms with Crippen molar-refractivity contribution in [1.29, 1.82) is 0 Å². The van der Waals surface area contributed by atoms with Crippen LogP contribution in [0.3, 0.4) is 0 Å². The summed E-state index contributed by atoms with van der Waals surface area (Å²) >= 11 is 1.27. The van der Waals surface area contributed by atoms with Crippen LogP contribution in [0.15, 0.2) is 41.5 Å². The first-order valence-corrected chi connectivity index (χ1v) is 10.7. The molecule has 0 bridgehead atoms. The van der Waals surface area contributed by atoms with Crippen LogP contribution in [0, 0.1) is 11.7 Å². The van der Waals surface area contributed by atoms with E-state index in [1.54, 1.807) is 0 Å². The summed E-state index contributed by atoms with van der Waals surface area (Å²) in [6, 6.07) is 6.71. The number of ether oxygens (including phenoxy) is 2. The molecule has 0 aliphatic carbocycles. The summed E-state index contributed by atoms with van der Waals surface area (Å²) in [6.07, 6.45) is 0.197. The zero-order valence-corrected chi connectivity index (χ0v) is 17.5. The van der Waals surface area contributed by atoms with Gasteiger partial charge in [-0.2, -0.15) is 8.78 Å². The second-order valence-corrected chi connectivity index (χ2v) is 8.51. The lowest BCUT2D eigenvalue weighted by atomic mass is 9.78. The smallest absolute Gasteiger partial charge is 0.387 e. The first-order chi connectivity index (χ1) is 15.3. The molecule has 1 fully saturated rings. The van der Waals surface area contributed by atoms with Gasteiger partial charge >= 0.3 is 6.61 Å². The minimum absolute atomic E-state index is 0.0189. The van der Waals surface area contributed by atoms with E-state index in [1.807, 2.05) is 0 Å². The predicted molar refractivity (Wildman–Crippen MR) is 110 cm³/mol. The molecule has 2 aliphatic heterocycles. The first-order valence-electron chi connectivity index (χ1n) is 9.71. The second-order valence-electron chi connectivity index (χ2n) is 7.47. The summed E-state index contributed by atoms with van der Waals surface area (Å²) in [7, 11) is 0. The zero-order chi connectivity index (χ0) is 22.9. The number of hydrogen-bond donors (Lipinski definition) is 1. The van der Waals surface area contributed by atoms with E-state index in [4.69, 9.17) is 10.5 Å². The number of carbonyl (C=O) groups excluding carboxylic acids is 1. The van der Waals surface area contributed by atoms with Gasteiger partial charge in [-0.1, -0.05) is 17.8 Å². The molecule has 1 aromatic heterocycles. The molecule has 2 aliphatic rings. The predicted octanol–water partition coefficient (Wildman–Crippen LogP) is 3.49. The third kappa shape index (κ3) is 4.31. The van der Waals surface area contributed by atoms with Crippen LogP contribution in [0.5, 0.6) is 5.75 Å². The van der Waals surface area contributed by atoms with Gasteiger partial charge in [0.15, 0.2) is 11.0 Å². The van der Waals surface area contributed by atoms with Crippen molar-refractivity contribution in [2.24, 2.45) is 16.6 Å². The summed E-state index contributed by atoms with van der Waals surface area (Å²) in [5, 5.41) is 0.264. The van der Waals surface area contributed by atoms with E-state index in [9.17, 15) is 22.4 Å². The standard InChI is InChI=1S/C21H19F4N3O3S/c22-7-18-14-9-32-20(26)28-21(14,10-30-18)13-5-11(1-3-15(13)23)6-17(29)16-4-2-12(8-27-16)31-19(24)25/h1-5,8,14,18-19H,6-7,9-10H2,(H2,26,28)/t14-,18-,21-/m1/s1. The lowest BCUT2D eigenvalue weighted by Gasteiger charge is -2.35. The van der Waals surface area contributed by atoms with Gasteiger partial charge in [-0.25, -0.2) is 18.8 Å². The number of fused-ring (bicyclic) bond motifs is 1. The van der Waals surface area contributed by atoms with E-state index in [1.165, 1.54) is 42.1 Å². The van der Waals surface area contributed by atoms with Crippen LogP contribution >= 0.6 is 11.8 Å². The molecule has 6 nitrogen and oxygen atoms in total. The van der Waals surface area contributed by atoms with Crippen LogP contribution in [0.4, 0.5) is 17.6 Å². The number of thioether (sulfide) groups is 1. The van der Waals surface area contributed by atoms with Crippen LogP contribution < -0.4 is 10.5 Å². The third-order valence-electron chi connectivity index (χ3n) is 5.56. The van der Waals surface area contributed by atoms with E-state index >= 15 is 0 Å². The molecular weight excluding hydrogens is 450 g/mol. The van der Waals surface area contributed by atoms with Gasteiger partial charge in [0.05, 0.1) is 18.9 Å². The molecule has 1 aromatic carbocycles. The molecule has 0 spiro atoms. The van der Waals surface area contributed by atoms with Crippen molar-refractivity contribution in [1.82, 2.24) is 4.98 Å². The first kappa shape index (κ1) is 22.5. The number of benzene rings is 1. The summed E-state index contributed by atoms with van der Waals surface area (Å²) < 4.78 is 62.7. The molecule has 3 atom stereocenters. The minimum Gasteiger partial charge on any atom is -0.433 e. The normalized spacial score (nSPS) is 24.8. The Bertz CT molecular complexity index is 1040. The van der Waals surface area contributed by atoms with E-state index in [0.717, 1.165) is 6.20 Å². The van der Waals surface area contributed by atoms with E-state index in [-0.39, 0.29) is 35.2 Å². The SMILES string of the molecule is NC1=N[C@@]2(c3cc(CC(=O)c4ccc(OC(F)F)cn4)ccc3F)CO[C@H](CF)[C@H]2CS1. The molecule has 3 heterocycles. The van der Waals surface area contributed by atoms with Crippen molar-refractivity contribution in [3.63, 3.8) is 0 Å². The summed E-state index contributed by atoms with van der Waals surface area (Å²) in [6.45, 7) is -3.74. The Morgan fingerprint density at radius 1 is 1.34 bits per heavy atom. The van der Waals surface area contributed by atoms with Gasteiger partial charge in [-0.05, 0) is 29.8 Å². The number of rotatable bonds is 7. The van der Waals surface area contributed by atoms with Gasteiger partial charge in [0.1, 0.15) is 29.5 Å². The number of aromatic nitrogens is 1. The maximum Gasteiger partial charge on any atom is 0.387 e. The number of alkyl halides is 3. The fraction of sp³-hybridized carbons (Fsp3) is 0.381. The minimum atomic E-state index is -2.99. The number of nitrogens with zero attached hydrogens (tertiary/aromatic N) is 2. The van der Waals surface area contributed by atoms with Gasteiger partial charge < -0.3 is 15.2 Å². The molecule has 2 N–H and O–H groups in total. The summed E-state index contributed by atoms with van der Waals surface area (Å²) in [4.78, 5) is 21.0. The number of halogens is 4. The molecule has 4 rings (SSSR count). The average Bonchev–Trinajstić information content (AvgIpc) is 3.13. The highest BCUT2D eigenvalue weighted by Gasteiger charge is 2.54. The van der Waals surface area contributed by atoms with E-state index in [2.05, 4.69) is 14.7 Å². The lowest BCUT2D eigenvalue weighted by molar-refractivity contribution is -0.0500. The lowest BCUT2D eigenvalue weighted by Crippen LogP contribution is -2.42.